The maximum atomic E-state index is 10.5. The molecule has 0 aliphatic heterocycles. The van der Waals surface area contributed by atoms with Gasteiger partial charge in [0.25, 0.3) is 0 Å². The standard InChI is InChI=1S/C8H4N2O8.2Li.6H2O/c11-5(12)1-2(6(13)14)10-4(8(17)18)3(9-1)7(15)16;;;;;;;;/h(H,11,12)(H,13,14)(H,15,16)(H,17,18);;;6*1H2/q;2*+1;;;;;;/p-2. The van der Waals surface area contributed by atoms with Crippen molar-refractivity contribution < 1.29 is 113 Å². The zero-order valence-electron chi connectivity index (χ0n) is 15.2. The third kappa shape index (κ3) is 10.7. The van der Waals surface area contributed by atoms with Gasteiger partial charge < -0.3 is 72.5 Å². The molecule has 1 rings (SSSR count). The van der Waals surface area contributed by atoms with E-state index in [2.05, 4.69) is 9.97 Å². The van der Waals surface area contributed by atoms with Gasteiger partial charge in [-0.2, -0.15) is 0 Å². The fourth-order valence-corrected chi connectivity index (χ4v) is 1.00. The van der Waals surface area contributed by atoms with Crippen LogP contribution in [0.1, 0.15) is 44.8 Å². The molecule has 26 heavy (non-hydrogen) atoms. The van der Waals surface area contributed by atoms with Crippen molar-refractivity contribution in [3.63, 3.8) is 0 Å². The molecule has 1 aromatic rings. The molecule has 0 aliphatic rings. The van der Waals surface area contributed by atoms with E-state index in [1.165, 1.54) is 0 Å². The van der Waals surface area contributed by atoms with Crippen LogP contribution in [0.5, 0.6) is 0 Å². The molecule has 0 atom stereocenters. The third-order valence-electron chi connectivity index (χ3n) is 1.67. The van der Waals surface area contributed by atoms with Crippen LogP contribution in [0, 0.1) is 0 Å². The molecule has 12 N–H and O–H groups in total. The van der Waals surface area contributed by atoms with E-state index >= 15 is 0 Å². The second-order valence-electron chi connectivity index (χ2n) is 2.77. The van der Waals surface area contributed by atoms with Crippen molar-refractivity contribution in [2.24, 2.45) is 0 Å². The summed E-state index contributed by atoms with van der Waals surface area (Å²) in [6.07, 6.45) is 0. The number of carbonyl (C=O) groups is 4. The zero-order valence-corrected chi connectivity index (χ0v) is 13.2. The summed E-state index contributed by atoms with van der Waals surface area (Å²) >= 11 is 0. The quantitative estimate of drug-likeness (QED) is 0.446. The van der Waals surface area contributed by atoms with Crippen molar-refractivity contribution in [3.05, 3.63) is 22.8 Å². The molecular formula is C8H14Li2N2O14. The molecule has 142 valence electrons. The Bertz CT molecular complexity index is 507. The first-order valence-electron chi connectivity index (χ1n) is 4.03. The maximum absolute atomic E-state index is 10.5. The van der Waals surface area contributed by atoms with Crippen molar-refractivity contribution in [1.82, 2.24) is 9.97 Å². The largest absolute Gasteiger partial charge is 1.00 e. The van der Waals surface area contributed by atoms with Crippen LogP contribution >= 0.6 is 0 Å². The number of hydrogen-bond acceptors (Lipinski definition) is 10. The van der Waals surface area contributed by atoms with Crippen molar-refractivity contribution in [1.29, 1.82) is 0 Å². The fraction of sp³-hybridized carbons (Fsp3) is 0. The molecule has 0 aliphatic carbocycles. The molecule has 0 radical (unpaired) electrons. The summed E-state index contributed by atoms with van der Waals surface area (Å²) in [6, 6.07) is 0. The molecule has 0 saturated carbocycles. The van der Waals surface area contributed by atoms with Gasteiger partial charge in [0.2, 0.25) is 0 Å². The van der Waals surface area contributed by atoms with Crippen LogP contribution in [0.3, 0.4) is 0 Å². The van der Waals surface area contributed by atoms with Gasteiger partial charge in [0.05, 0.1) is 23.9 Å². The zero-order chi connectivity index (χ0) is 14.0. The van der Waals surface area contributed by atoms with Gasteiger partial charge in [0, 0.05) is 0 Å². The molecule has 0 amide bonds. The van der Waals surface area contributed by atoms with Crippen molar-refractivity contribution in [3.8, 4) is 0 Å². The molecule has 0 aromatic carbocycles. The predicted octanol–water partition coefficient (Wildman–Crippen LogP) is -16.8. The van der Waals surface area contributed by atoms with E-state index in [0.717, 1.165) is 0 Å². The van der Waals surface area contributed by atoms with Gasteiger partial charge in [-0.1, -0.05) is 0 Å². The van der Waals surface area contributed by atoms with Crippen LogP contribution in [0.4, 0.5) is 0 Å². The minimum absolute atomic E-state index is 0. The van der Waals surface area contributed by atoms with Gasteiger partial charge in [0.15, 0.2) is 0 Å². The van der Waals surface area contributed by atoms with Gasteiger partial charge in [-0.25, -0.2) is 9.97 Å². The average molecular weight is 376 g/mol. The average Bonchev–Trinajstić information content (AvgIpc) is 2.26. The SMILES string of the molecule is O.O.O.O.O.O.O=C([O-])c1nc(C(=O)[O-])c(C(=O)[O-])nc1C(=O)[O-].[H+].[H+].[Li+].[Li+]. The fourth-order valence-electron chi connectivity index (χ4n) is 1.00. The second kappa shape index (κ2) is 19.2. The van der Waals surface area contributed by atoms with E-state index in [0.29, 0.717) is 0 Å². The summed E-state index contributed by atoms with van der Waals surface area (Å²) in [4.78, 5) is 47.6. The normalized spacial score (nSPS) is 6.77. The topological polar surface area (TPSA) is 375 Å². The van der Waals surface area contributed by atoms with E-state index in [4.69, 9.17) is 0 Å². The first kappa shape index (κ1) is 49.6. The minimum atomic E-state index is -2.17. The van der Waals surface area contributed by atoms with E-state index in [9.17, 15) is 39.6 Å². The number of nitrogens with zero attached hydrogens (tertiary/aromatic N) is 2. The Morgan fingerprint density at radius 1 is 0.500 bits per heavy atom. The Hall–Kier alpha value is -2.09. The summed E-state index contributed by atoms with van der Waals surface area (Å²) < 4.78 is 0. The molecule has 0 saturated heterocycles. The van der Waals surface area contributed by atoms with Crippen LogP contribution in [0.2, 0.25) is 0 Å². The summed E-state index contributed by atoms with van der Waals surface area (Å²) in [5, 5.41) is 42.0. The van der Waals surface area contributed by atoms with Crippen LogP contribution in [0.25, 0.3) is 0 Å². The molecule has 1 heterocycles. The molecule has 18 heteroatoms. The van der Waals surface area contributed by atoms with E-state index in [-0.39, 0.29) is 73.4 Å². The second-order valence-corrected chi connectivity index (χ2v) is 2.77. The van der Waals surface area contributed by atoms with E-state index < -0.39 is 46.7 Å². The number of aromatic nitrogens is 2. The Balaban J connectivity index is -0.0000000405. The van der Waals surface area contributed by atoms with E-state index in [1.807, 2.05) is 0 Å². The summed E-state index contributed by atoms with van der Waals surface area (Å²) in [5.74, 6) is -8.69. The molecule has 0 fully saturated rings. The number of hydrogen-bond donors (Lipinski definition) is 0. The predicted molar refractivity (Wildman–Crippen MR) is 63.3 cm³/mol. The van der Waals surface area contributed by atoms with Gasteiger partial charge in [0.1, 0.15) is 22.8 Å². The van der Waals surface area contributed by atoms with Gasteiger partial charge in [-0.15, -0.1) is 0 Å². The first-order valence-corrected chi connectivity index (χ1v) is 4.03. The smallest absolute Gasteiger partial charge is 0.543 e. The maximum Gasteiger partial charge on any atom is 1.00 e. The first-order chi connectivity index (χ1) is 8.25. The molecular weight excluding hydrogens is 362 g/mol. The van der Waals surface area contributed by atoms with Gasteiger partial charge in [-0.05, 0) is 0 Å². The number of carboxylic acid groups (broad SMARTS) is 4. The Morgan fingerprint density at radius 2 is 0.615 bits per heavy atom. The third-order valence-corrected chi connectivity index (χ3v) is 1.67. The van der Waals surface area contributed by atoms with Crippen LogP contribution in [0.15, 0.2) is 0 Å². The van der Waals surface area contributed by atoms with Gasteiger partial charge in [-0.3, -0.25) is 0 Å². The summed E-state index contributed by atoms with van der Waals surface area (Å²) in [6.45, 7) is 0. The number of aromatic carboxylic acids is 4. The van der Waals surface area contributed by atoms with Crippen LogP contribution in [-0.4, -0.2) is 66.7 Å². The number of carboxylic acids is 4. The van der Waals surface area contributed by atoms with Crippen molar-refractivity contribution in [2.75, 3.05) is 0 Å². The molecule has 16 nitrogen and oxygen atoms in total. The van der Waals surface area contributed by atoms with Crippen LogP contribution < -0.4 is 58.1 Å². The van der Waals surface area contributed by atoms with Crippen LogP contribution in [-0.2, 0) is 0 Å². The summed E-state index contributed by atoms with van der Waals surface area (Å²) in [7, 11) is 0. The van der Waals surface area contributed by atoms with Gasteiger partial charge >= 0.3 is 40.6 Å². The Morgan fingerprint density at radius 3 is 0.692 bits per heavy atom. The molecule has 0 unspecified atom stereocenters. The van der Waals surface area contributed by atoms with Crippen molar-refractivity contribution >= 4 is 23.9 Å². The molecule has 1 aromatic heterocycles. The number of carbonyl (C=O) groups excluding carboxylic acids is 4. The Labute approximate surface area is 170 Å². The van der Waals surface area contributed by atoms with Crippen molar-refractivity contribution in [2.45, 2.75) is 0 Å². The van der Waals surface area contributed by atoms with E-state index in [1.54, 1.807) is 0 Å². The number of rotatable bonds is 4. The monoisotopic (exact) mass is 376 g/mol. The Kier molecular flexibility index (Phi) is 36.7. The minimum Gasteiger partial charge on any atom is -0.543 e. The molecule has 0 bridgehead atoms. The molecule has 0 spiro atoms. The summed E-state index contributed by atoms with van der Waals surface area (Å²) in [5.41, 5.74) is -5.56.